The van der Waals surface area contributed by atoms with Gasteiger partial charge < -0.3 is 10.1 Å². The molecule has 1 fully saturated rings. The molecule has 2 unspecified atom stereocenters. The van der Waals surface area contributed by atoms with Crippen LogP contribution in [0, 0.1) is 5.92 Å². The van der Waals surface area contributed by atoms with Crippen LogP contribution in [0.3, 0.4) is 0 Å². The zero-order valence-electron chi connectivity index (χ0n) is 11.3. The summed E-state index contributed by atoms with van der Waals surface area (Å²) < 4.78 is 5.35. The van der Waals surface area contributed by atoms with Crippen LogP contribution in [-0.2, 0) is 4.74 Å². The molecule has 2 atom stereocenters. The van der Waals surface area contributed by atoms with Gasteiger partial charge in [0.2, 0.25) is 0 Å². The highest BCUT2D eigenvalue weighted by molar-refractivity contribution is 4.82. The van der Waals surface area contributed by atoms with Crippen LogP contribution in [-0.4, -0.2) is 50.3 Å². The Morgan fingerprint density at radius 1 is 1.44 bits per heavy atom. The molecule has 0 aliphatic carbocycles. The Morgan fingerprint density at radius 3 is 2.62 bits per heavy atom. The molecule has 0 bridgehead atoms. The molecule has 1 aliphatic rings. The van der Waals surface area contributed by atoms with Crippen molar-refractivity contribution in [1.82, 2.24) is 10.2 Å². The Hall–Kier alpha value is -0.120. The lowest BCUT2D eigenvalue weighted by Gasteiger charge is -2.34. The van der Waals surface area contributed by atoms with Gasteiger partial charge in [-0.05, 0) is 31.8 Å². The van der Waals surface area contributed by atoms with Crippen LogP contribution in [0.15, 0.2) is 0 Å². The molecule has 1 heterocycles. The van der Waals surface area contributed by atoms with Crippen molar-refractivity contribution in [3.8, 4) is 0 Å². The number of nitrogens with zero attached hydrogens (tertiary/aromatic N) is 1. The van der Waals surface area contributed by atoms with Crippen molar-refractivity contribution in [3.05, 3.63) is 0 Å². The number of ether oxygens (including phenoxy) is 1. The van der Waals surface area contributed by atoms with Crippen molar-refractivity contribution in [3.63, 3.8) is 0 Å². The molecule has 1 rings (SSSR count). The average Bonchev–Trinajstić information content (AvgIpc) is 2.75. The number of likely N-dealkylation sites (N-methyl/N-ethyl adjacent to an activating group) is 1. The maximum absolute atomic E-state index is 5.35. The normalized spacial score (nSPS) is 23.2. The molecule has 1 saturated heterocycles. The minimum Gasteiger partial charge on any atom is -0.383 e. The van der Waals surface area contributed by atoms with Crippen molar-refractivity contribution in [2.45, 2.75) is 45.7 Å². The summed E-state index contributed by atoms with van der Waals surface area (Å²) in [6, 6.07) is 1.25. The largest absolute Gasteiger partial charge is 0.383 e. The molecular weight excluding hydrogens is 200 g/mol. The zero-order chi connectivity index (χ0) is 12.0. The van der Waals surface area contributed by atoms with Gasteiger partial charge in [-0.2, -0.15) is 0 Å². The quantitative estimate of drug-likeness (QED) is 0.718. The molecule has 3 heteroatoms. The van der Waals surface area contributed by atoms with Crippen LogP contribution in [0.25, 0.3) is 0 Å². The Morgan fingerprint density at radius 2 is 2.19 bits per heavy atom. The molecule has 1 N–H and O–H groups in total. The van der Waals surface area contributed by atoms with Gasteiger partial charge in [0.1, 0.15) is 0 Å². The number of nitrogens with one attached hydrogen (secondary N) is 1. The summed E-state index contributed by atoms with van der Waals surface area (Å²) in [5.74, 6) is 0.654. The fourth-order valence-corrected chi connectivity index (χ4v) is 2.58. The van der Waals surface area contributed by atoms with Crippen molar-refractivity contribution < 1.29 is 4.74 Å². The van der Waals surface area contributed by atoms with Crippen molar-refractivity contribution >= 4 is 0 Å². The van der Waals surface area contributed by atoms with E-state index in [1.54, 1.807) is 7.11 Å². The SMILES string of the molecule is CCN(CC1CCCN1)C(COC)C(C)C. The lowest BCUT2D eigenvalue weighted by atomic mass is 10.0. The second-order valence-electron chi connectivity index (χ2n) is 5.15. The number of hydrogen-bond donors (Lipinski definition) is 1. The summed E-state index contributed by atoms with van der Waals surface area (Å²) in [6.45, 7) is 11.1. The van der Waals surface area contributed by atoms with Crippen molar-refractivity contribution in [2.24, 2.45) is 5.92 Å². The molecule has 3 nitrogen and oxygen atoms in total. The highest BCUT2D eigenvalue weighted by Gasteiger charge is 2.24. The van der Waals surface area contributed by atoms with Gasteiger partial charge in [0, 0.05) is 25.7 Å². The lowest BCUT2D eigenvalue weighted by Crippen LogP contribution is -2.47. The monoisotopic (exact) mass is 228 g/mol. The molecule has 0 spiro atoms. The van der Waals surface area contributed by atoms with E-state index in [-0.39, 0.29) is 0 Å². The third-order valence-corrected chi connectivity index (χ3v) is 3.60. The first-order valence-corrected chi connectivity index (χ1v) is 6.65. The second-order valence-corrected chi connectivity index (χ2v) is 5.15. The molecule has 0 saturated carbocycles. The average molecular weight is 228 g/mol. The fourth-order valence-electron chi connectivity index (χ4n) is 2.58. The smallest absolute Gasteiger partial charge is 0.0620 e. The highest BCUT2D eigenvalue weighted by Crippen LogP contribution is 2.14. The van der Waals surface area contributed by atoms with E-state index in [1.165, 1.54) is 25.9 Å². The number of hydrogen-bond acceptors (Lipinski definition) is 3. The molecule has 0 radical (unpaired) electrons. The van der Waals surface area contributed by atoms with Gasteiger partial charge in [-0.3, -0.25) is 4.90 Å². The molecular formula is C13H28N2O. The first kappa shape index (κ1) is 13.9. The van der Waals surface area contributed by atoms with E-state index in [0.29, 0.717) is 18.0 Å². The Bertz CT molecular complexity index is 179. The first-order chi connectivity index (χ1) is 7.69. The summed E-state index contributed by atoms with van der Waals surface area (Å²) in [4.78, 5) is 2.57. The van der Waals surface area contributed by atoms with E-state index in [9.17, 15) is 0 Å². The van der Waals surface area contributed by atoms with Crippen molar-refractivity contribution in [1.29, 1.82) is 0 Å². The van der Waals surface area contributed by atoms with E-state index in [1.807, 2.05) is 0 Å². The van der Waals surface area contributed by atoms with Gasteiger partial charge in [-0.15, -0.1) is 0 Å². The minimum atomic E-state index is 0.553. The maximum atomic E-state index is 5.35. The highest BCUT2D eigenvalue weighted by atomic mass is 16.5. The topological polar surface area (TPSA) is 24.5 Å². The van der Waals surface area contributed by atoms with Gasteiger partial charge >= 0.3 is 0 Å². The van der Waals surface area contributed by atoms with Gasteiger partial charge in [0.15, 0.2) is 0 Å². The second kappa shape index (κ2) is 7.25. The van der Waals surface area contributed by atoms with Crippen LogP contribution in [0.5, 0.6) is 0 Å². The van der Waals surface area contributed by atoms with Crippen LogP contribution in [0.1, 0.15) is 33.6 Å². The molecule has 0 aromatic carbocycles. The van der Waals surface area contributed by atoms with E-state index >= 15 is 0 Å². The Balaban J connectivity index is 2.47. The molecule has 96 valence electrons. The molecule has 16 heavy (non-hydrogen) atoms. The van der Waals surface area contributed by atoms with Gasteiger partial charge in [0.25, 0.3) is 0 Å². The Labute approximate surface area is 101 Å². The van der Waals surface area contributed by atoms with E-state index < -0.39 is 0 Å². The summed E-state index contributed by atoms with van der Waals surface area (Å²) in [7, 11) is 1.80. The fraction of sp³-hybridized carbons (Fsp3) is 1.00. The number of methoxy groups -OCH3 is 1. The predicted molar refractivity (Wildman–Crippen MR) is 68.8 cm³/mol. The van der Waals surface area contributed by atoms with E-state index in [0.717, 1.165) is 13.2 Å². The third kappa shape index (κ3) is 4.04. The van der Waals surface area contributed by atoms with Crippen LogP contribution >= 0.6 is 0 Å². The van der Waals surface area contributed by atoms with E-state index in [4.69, 9.17) is 4.74 Å². The van der Waals surface area contributed by atoms with E-state index in [2.05, 4.69) is 31.0 Å². The zero-order valence-corrected chi connectivity index (χ0v) is 11.3. The van der Waals surface area contributed by atoms with Crippen LogP contribution in [0.4, 0.5) is 0 Å². The van der Waals surface area contributed by atoms with Gasteiger partial charge in [-0.25, -0.2) is 0 Å². The standard InChI is InChI=1S/C13H28N2O/c1-5-15(9-12-7-6-8-14-12)13(10-16-4)11(2)3/h11-14H,5-10H2,1-4H3. The number of rotatable bonds is 7. The summed E-state index contributed by atoms with van der Waals surface area (Å²) in [6.07, 6.45) is 2.66. The Kier molecular flexibility index (Phi) is 6.32. The first-order valence-electron chi connectivity index (χ1n) is 6.65. The molecule has 0 amide bonds. The van der Waals surface area contributed by atoms with Gasteiger partial charge in [-0.1, -0.05) is 20.8 Å². The predicted octanol–water partition coefficient (Wildman–Crippen LogP) is 1.73. The summed E-state index contributed by atoms with van der Waals surface area (Å²) >= 11 is 0. The lowest BCUT2D eigenvalue weighted by molar-refractivity contribution is 0.0625. The summed E-state index contributed by atoms with van der Waals surface area (Å²) in [5, 5.41) is 3.57. The van der Waals surface area contributed by atoms with Crippen LogP contribution in [0.2, 0.25) is 0 Å². The molecule has 1 aliphatic heterocycles. The summed E-state index contributed by atoms with van der Waals surface area (Å²) in [5.41, 5.74) is 0. The van der Waals surface area contributed by atoms with Crippen LogP contribution < -0.4 is 5.32 Å². The molecule has 0 aromatic heterocycles. The third-order valence-electron chi connectivity index (χ3n) is 3.60. The van der Waals surface area contributed by atoms with Gasteiger partial charge in [0.05, 0.1) is 6.61 Å². The minimum absolute atomic E-state index is 0.553. The molecule has 0 aromatic rings. The maximum Gasteiger partial charge on any atom is 0.0620 e. The van der Waals surface area contributed by atoms with Crippen molar-refractivity contribution in [2.75, 3.05) is 33.4 Å².